The highest BCUT2D eigenvalue weighted by atomic mass is 16.2. The van der Waals surface area contributed by atoms with Crippen LogP contribution in [-0.2, 0) is 4.79 Å². The Bertz CT molecular complexity index is 319. The van der Waals surface area contributed by atoms with Crippen molar-refractivity contribution in [1.82, 2.24) is 4.90 Å². The number of carbonyl (C=O) groups excluding carboxylic acids is 1. The van der Waals surface area contributed by atoms with Gasteiger partial charge in [-0.3, -0.25) is 4.79 Å². The van der Waals surface area contributed by atoms with Crippen LogP contribution >= 0.6 is 0 Å². The predicted octanol–water partition coefficient (Wildman–Crippen LogP) is 5.27. The van der Waals surface area contributed by atoms with Crippen LogP contribution in [0.1, 0.15) is 86.5 Å². The van der Waals surface area contributed by atoms with Gasteiger partial charge in [0.15, 0.2) is 0 Å². The van der Waals surface area contributed by atoms with E-state index in [-0.39, 0.29) is 0 Å². The number of hydrogen-bond acceptors (Lipinski definition) is 1. The van der Waals surface area contributed by atoms with Crippen molar-refractivity contribution < 1.29 is 4.79 Å². The van der Waals surface area contributed by atoms with Crippen molar-refractivity contribution >= 4 is 5.91 Å². The molecule has 0 aromatic heterocycles. The molecule has 2 nitrogen and oxygen atoms in total. The van der Waals surface area contributed by atoms with Gasteiger partial charge in [-0.2, -0.15) is 0 Å². The molecule has 1 aliphatic rings. The van der Waals surface area contributed by atoms with Crippen molar-refractivity contribution in [3.63, 3.8) is 0 Å². The van der Waals surface area contributed by atoms with E-state index in [9.17, 15) is 4.79 Å². The average molecular weight is 296 g/mol. The summed E-state index contributed by atoms with van der Waals surface area (Å²) < 4.78 is 0. The van der Waals surface area contributed by atoms with E-state index in [2.05, 4.69) is 46.4 Å². The van der Waals surface area contributed by atoms with Crippen molar-refractivity contribution in [2.45, 2.75) is 86.5 Å². The highest BCUT2D eigenvalue weighted by Gasteiger charge is 2.30. The standard InChI is InChI=1S/C19H37NO/c1-7-19(5,6)13-9-8-10-17(21)20-14-11-16(12-15-20)18(2,3)4/h16H,7-15H2,1-6H3. The van der Waals surface area contributed by atoms with Gasteiger partial charge in [-0.15, -0.1) is 0 Å². The number of piperidine rings is 1. The van der Waals surface area contributed by atoms with Crippen LogP contribution in [0.3, 0.4) is 0 Å². The smallest absolute Gasteiger partial charge is 0.222 e. The molecular formula is C19H37NO. The molecular weight excluding hydrogens is 258 g/mol. The van der Waals surface area contributed by atoms with Crippen molar-refractivity contribution in [2.75, 3.05) is 13.1 Å². The molecule has 0 aliphatic carbocycles. The number of nitrogens with zero attached hydrogens (tertiary/aromatic N) is 1. The van der Waals surface area contributed by atoms with E-state index >= 15 is 0 Å². The molecule has 21 heavy (non-hydrogen) atoms. The molecule has 0 aromatic rings. The maximum atomic E-state index is 12.3. The van der Waals surface area contributed by atoms with Crippen LogP contribution in [0.15, 0.2) is 0 Å². The van der Waals surface area contributed by atoms with Gasteiger partial charge in [0.25, 0.3) is 0 Å². The Morgan fingerprint density at radius 2 is 1.62 bits per heavy atom. The van der Waals surface area contributed by atoms with Crippen molar-refractivity contribution in [3.8, 4) is 0 Å². The van der Waals surface area contributed by atoms with Gasteiger partial charge >= 0.3 is 0 Å². The van der Waals surface area contributed by atoms with E-state index in [1.54, 1.807) is 0 Å². The molecule has 0 aromatic carbocycles. The molecule has 1 aliphatic heterocycles. The quantitative estimate of drug-likeness (QED) is 0.611. The topological polar surface area (TPSA) is 20.3 Å². The third kappa shape index (κ3) is 6.40. The molecule has 0 atom stereocenters. The summed E-state index contributed by atoms with van der Waals surface area (Å²) in [5.74, 6) is 1.16. The summed E-state index contributed by atoms with van der Waals surface area (Å²) >= 11 is 0. The van der Waals surface area contributed by atoms with Gasteiger partial charge in [0.05, 0.1) is 0 Å². The lowest BCUT2D eigenvalue weighted by atomic mass is 9.75. The Morgan fingerprint density at radius 3 is 2.10 bits per heavy atom. The Morgan fingerprint density at radius 1 is 1.05 bits per heavy atom. The zero-order chi connectivity index (χ0) is 16.1. The molecule has 0 radical (unpaired) electrons. The van der Waals surface area contributed by atoms with Crippen LogP contribution in [-0.4, -0.2) is 23.9 Å². The minimum Gasteiger partial charge on any atom is -0.343 e. The highest BCUT2D eigenvalue weighted by Crippen LogP contribution is 2.34. The maximum absolute atomic E-state index is 12.3. The number of carbonyl (C=O) groups is 1. The van der Waals surface area contributed by atoms with Crippen molar-refractivity contribution in [2.24, 2.45) is 16.7 Å². The minimum absolute atomic E-state index is 0.386. The lowest BCUT2D eigenvalue weighted by Crippen LogP contribution is -2.41. The van der Waals surface area contributed by atoms with Crippen LogP contribution in [0.5, 0.6) is 0 Å². The Labute approximate surface area is 132 Å². The first kappa shape index (κ1) is 18.5. The van der Waals surface area contributed by atoms with E-state index in [1.807, 2.05) is 0 Å². The third-order valence-corrected chi connectivity index (χ3v) is 5.52. The zero-order valence-electron chi connectivity index (χ0n) is 15.3. The molecule has 0 N–H and O–H groups in total. The van der Waals surface area contributed by atoms with Gasteiger partial charge < -0.3 is 4.90 Å². The number of hydrogen-bond donors (Lipinski definition) is 0. The first-order valence-corrected chi connectivity index (χ1v) is 8.93. The van der Waals surface area contributed by atoms with E-state index < -0.39 is 0 Å². The van der Waals surface area contributed by atoms with Gasteiger partial charge in [-0.05, 0) is 42.4 Å². The molecule has 0 bridgehead atoms. The van der Waals surface area contributed by atoms with Crippen LogP contribution in [0.4, 0.5) is 0 Å². The lowest BCUT2D eigenvalue weighted by Gasteiger charge is -2.38. The van der Waals surface area contributed by atoms with Crippen LogP contribution in [0, 0.1) is 16.7 Å². The highest BCUT2D eigenvalue weighted by molar-refractivity contribution is 5.76. The van der Waals surface area contributed by atoms with Crippen molar-refractivity contribution in [1.29, 1.82) is 0 Å². The fraction of sp³-hybridized carbons (Fsp3) is 0.947. The molecule has 1 fully saturated rings. The summed E-state index contributed by atoms with van der Waals surface area (Å²) in [5.41, 5.74) is 0.828. The molecule has 0 saturated carbocycles. The molecule has 1 rings (SSSR count). The number of amides is 1. The maximum Gasteiger partial charge on any atom is 0.222 e. The molecule has 2 heteroatoms. The van der Waals surface area contributed by atoms with Gasteiger partial charge in [0.1, 0.15) is 0 Å². The van der Waals surface area contributed by atoms with Crippen LogP contribution < -0.4 is 0 Å². The Kier molecular flexibility index (Phi) is 6.74. The predicted molar refractivity (Wildman–Crippen MR) is 91.3 cm³/mol. The SMILES string of the molecule is CCC(C)(C)CCCCC(=O)N1CCC(C(C)(C)C)CC1. The fourth-order valence-electron chi connectivity index (χ4n) is 3.21. The fourth-order valence-corrected chi connectivity index (χ4v) is 3.21. The summed E-state index contributed by atoms with van der Waals surface area (Å²) in [6.07, 6.45) is 7.81. The minimum atomic E-state index is 0.386. The Hall–Kier alpha value is -0.530. The molecule has 1 amide bonds. The second kappa shape index (κ2) is 7.65. The summed E-state index contributed by atoms with van der Waals surface area (Å²) in [4.78, 5) is 14.4. The number of rotatable bonds is 6. The normalized spacial score (nSPS) is 18.1. The number of unbranched alkanes of at least 4 members (excludes halogenated alkanes) is 1. The summed E-state index contributed by atoms with van der Waals surface area (Å²) in [7, 11) is 0. The summed E-state index contributed by atoms with van der Waals surface area (Å²) in [5, 5.41) is 0. The molecule has 0 spiro atoms. The second-order valence-electron chi connectivity index (χ2n) is 8.75. The van der Waals surface area contributed by atoms with Crippen LogP contribution in [0.25, 0.3) is 0 Å². The van der Waals surface area contributed by atoms with Gasteiger partial charge in [0, 0.05) is 19.5 Å². The zero-order valence-corrected chi connectivity index (χ0v) is 15.3. The molecule has 124 valence electrons. The Balaban J connectivity index is 2.23. The molecule has 1 heterocycles. The monoisotopic (exact) mass is 295 g/mol. The summed E-state index contributed by atoms with van der Waals surface area (Å²) in [6, 6.07) is 0. The van der Waals surface area contributed by atoms with E-state index in [4.69, 9.17) is 0 Å². The van der Waals surface area contributed by atoms with E-state index in [0.29, 0.717) is 16.7 Å². The molecule has 0 unspecified atom stereocenters. The third-order valence-electron chi connectivity index (χ3n) is 5.52. The summed E-state index contributed by atoms with van der Waals surface area (Å²) in [6.45, 7) is 15.8. The van der Waals surface area contributed by atoms with E-state index in [1.165, 1.54) is 32.1 Å². The lowest BCUT2D eigenvalue weighted by molar-refractivity contribution is -0.133. The largest absolute Gasteiger partial charge is 0.343 e. The van der Waals surface area contributed by atoms with Gasteiger partial charge in [-0.1, -0.05) is 54.4 Å². The first-order chi connectivity index (χ1) is 9.65. The van der Waals surface area contributed by atoms with E-state index in [0.717, 1.165) is 31.8 Å². The second-order valence-corrected chi connectivity index (χ2v) is 8.75. The number of likely N-dealkylation sites (tertiary alicyclic amines) is 1. The van der Waals surface area contributed by atoms with Crippen LogP contribution in [0.2, 0.25) is 0 Å². The van der Waals surface area contributed by atoms with Crippen molar-refractivity contribution in [3.05, 3.63) is 0 Å². The van der Waals surface area contributed by atoms with Gasteiger partial charge in [-0.25, -0.2) is 0 Å². The molecule has 1 saturated heterocycles. The first-order valence-electron chi connectivity index (χ1n) is 8.93. The van der Waals surface area contributed by atoms with Gasteiger partial charge in [0.2, 0.25) is 5.91 Å². The average Bonchev–Trinajstić information content (AvgIpc) is 2.42.